The van der Waals surface area contributed by atoms with E-state index in [1.807, 2.05) is 13.0 Å². The van der Waals surface area contributed by atoms with Gasteiger partial charge >= 0.3 is 0 Å². The van der Waals surface area contributed by atoms with Crippen molar-refractivity contribution in [3.63, 3.8) is 0 Å². The minimum atomic E-state index is -0.212. The van der Waals surface area contributed by atoms with Crippen molar-refractivity contribution >= 4 is 0 Å². The summed E-state index contributed by atoms with van der Waals surface area (Å²) in [5.41, 5.74) is 3.67. The van der Waals surface area contributed by atoms with Crippen LogP contribution in [0.4, 0.5) is 0 Å². The Morgan fingerprint density at radius 2 is 2.12 bits per heavy atom. The number of hydrogen-bond acceptors (Lipinski definition) is 2. The first-order valence-electron chi connectivity index (χ1n) is 6.21. The third kappa shape index (κ3) is 3.83. The molecular formula is C15H24O2. The first kappa shape index (κ1) is 14.2. The number of hydrogen-bond donors (Lipinski definition) is 2. The summed E-state index contributed by atoms with van der Waals surface area (Å²) in [5, 5.41) is 18.6. The minimum Gasteiger partial charge on any atom is -0.393 e. The summed E-state index contributed by atoms with van der Waals surface area (Å²) in [7, 11) is 0. The van der Waals surface area contributed by atoms with E-state index in [-0.39, 0.29) is 18.1 Å². The van der Waals surface area contributed by atoms with Gasteiger partial charge in [0.1, 0.15) is 0 Å². The van der Waals surface area contributed by atoms with Gasteiger partial charge in [-0.15, -0.1) is 0 Å². The summed E-state index contributed by atoms with van der Waals surface area (Å²) in [4.78, 5) is 0. The molecule has 0 bridgehead atoms. The molecule has 96 valence electrons. The minimum absolute atomic E-state index is 0.0255. The molecule has 0 spiro atoms. The Morgan fingerprint density at radius 3 is 2.65 bits per heavy atom. The highest BCUT2D eigenvalue weighted by atomic mass is 16.3. The van der Waals surface area contributed by atoms with Crippen LogP contribution in [-0.2, 0) is 0 Å². The molecule has 1 unspecified atom stereocenters. The maximum Gasteiger partial charge on any atom is 0.0617 e. The molecule has 0 heterocycles. The molecule has 1 aliphatic rings. The van der Waals surface area contributed by atoms with E-state index in [1.165, 1.54) is 11.1 Å². The van der Waals surface area contributed by atoms with Gasteiger partial charge in [-0.25, -0.2) is 0 Å². The van der Waals surface area contributed by atoms with Gasteiger partial charge in [-0.2, -0.15) is 0 Å². The fourth-order valence-corrected chi connectivity index (χ4v) is 2.61. The number of rotatable bonds is 3. The molecule has 0 aromatic rings. The molecule has 1 atom stereocenters. The Morgan fingerprint density at radius 1 is 1.47 bits per heavy atom. The highest BCUT2D eigenvalue weighted by Gasteiger charge is 2.31. The standard InChI is InChI=1S/C15H24O2/c1-11(7-8-16)5-6-14-12(2)9-13(17)10-15(14,3)4/h5-7,13,16-17H,8-10H2,1-4H3. The molecular weight excluding hydrogens is 212 g/mol. The van der Waals surface area contributed by atoms with Crippen LogP contribution < -0.4 is 0 Å². The van der Waals surface area contributed by atoms with E-state index in [0.717, 1.165) is 18.4 Å². The average Bonchev–Trinajstić information content (AvgIpc) is 2.14. The quantitative estimate of drug-likeness (QED) is 0.740. The van der Waals surface area contributed by atoms with Crippen molar-refractivity contribution < 1.29 is 10.2 Å². The second-order valence-electron chi connectivity index (χ2n) is 5.60. The first-order chi connectivity index (χ1) is 7.86. The molecule has 0 fully saturated rings. The largest absolute Gasteiger partial charge is 0.393 e. The summed E-state index contributed by atoms with van der Waals surface area (Å²) < 4.78 is 0. The van der Waals surface area contributed by atoms with Crippen LogP contribution in [0.15, 0.2) is 34.9 Å². The Bertz CT molecular complexity index is 359. The van der Waals surface area contributed by atoms with Crippen molar-refractivity contribution in [3.8, 4) is 0 Å². The topological polar surface area (TPSA) is 40.5 Å². The molecule has 0 radical (unpaired) electrons. The van der Waals surface area contributed by atoms with Gasteiger partial charge in [-0.05, 0) is 37.7 Å². The highest BCUT2D eigenvalue weighted by Crippen LogP contribution is 2.40. The van der Waals surface area contributed by atoms with E-state index >= 15 is 0 Å². The fraction of sp³-hybridized carbons (Fsp3) is 0.600. The van der Waals surface area contributed by atoms with Gasteiger partial charge < -0.3 is 10.2 Å². The Kier molecular flexibility index (Phi) is 4.72. The Balaban J connectivity index is 2.95. The van der Waals surface area contributed by atoms with E-state index in [0.29, 0.717) is 0 Å². The van der Waals surface area contributed by atoms with Crippen LogP contribution in [0.5, 0.6) is 0 Å². The van der Waals surface area contributed by atoms with Crippen LogP contribution in [0.1, 0.15) is 40.5 Å². The number of allylic oxidation sites excluding steroid dienone is 4. The van der Waals surface area contributed by atoms with Crippen LogP contribution in [0.2, 0.25) is 0 Å². The van der Waals surface area contributed by atoms with Gasteiger partial charge in [0, 0.05) is 0 Å². The van der Waals surface area contributed by atoms with Crippen LogP contribution in [0.25, 0.3) is 0 Å². The second kappa shape index (κ2) is 5.65. The molecule has 2 nitrogen and oxygen atoms in total. The second-order valence-corrected chi connectivity index (χ2v) is 5.60. The predicted octanol–water partition coefficient (Wildman–Crippen LogP) is 2.98. The normalized spacial score (nSPS) is 25.8. The molecule has 1 rings (SSSR count). The third-order valence-corrected chi connectivity index (χ3v) is 3.40. The molecule has 17 heavy (non-hydrogen) atoms. The molecule has 0 amide bonds. The summed E-state index contributed by atoms with van der Waals surface area (Å²) in [6, 6.07) is 0. The summed E-state index contributed by atoms with van der Waals surface area (Å²) in [6.45, 7) is 8.49. The van der Waals surface area contributed by atoms with Crippen molar-refractivity contribution in [3.05, 3.63) is 34.9 Å². The fourth-order valence-electron chi connectivity index (χ4n) is 2.61. The molecule has 2 heteroatoms. The highest BCUT2D eigenvalue weighted by molar-refractivity contribution is 5.36. The van der Waals surface area contributed by atoms with Gasteiger partial charge in [0.2, 0.25) is 0 Å². The lowest BCUT2D eigenvalue weighted by atomic mass is 9.71. The summed E-state index contributed by atoms with van der Waals surface area (Å²) in [6.07, 6.45) is 7.32. The van der Waals surface area contributed by atoms with Gasteiger partial charge in [0.25, 0.3) is 0 Å². The van der Waals surface area contributed by atoms with Gasteiger partial charge in [-0.3, -0.25) is 0 Å². The molecule has 0 saturated heterocycles. The van der Waals surface area contributed by atoms with Gasteiger partial charge in [0.15, 0.2) is 0 Å². The van der Waals surface area contributed by atoms with Crippen LogP contribution in [0, 0.1) is 5.41 Å². The zero-order valence-corrected chi connectivity index (χ0v) is 11.3. The maximum atomic E-state index is 9.79. The molecule has 2 N–H and O–H groups in total. The van der Waals surface area contributed by atoms with Crippen molar-refractivity contribution in [2.45, 2.75) is 46.6 Å². The van der Waals surface area contributed by atoms with Crippen molar-refractivity contribution in [2.24, 2.45) is 5.41 Å². The third-order valence-electron chi connectivity index (χ3n) is 3.40. The molecule has 0 aliphatic heterocycles. The van der Waals surface area contributed by atoms with E-state index in [2.05, 4.69) is 26.8 Å². The van der Waals surface area contributed by atoms with E-state index in [9.17, 15) is 5.11 Å². The van der Waals surface area contributed by atoms with Crippen molar-refractivity contribution in [1.82, 2.24) is 0 Å². The molecule has 0 saturated carbocycles. The smallest absolute Gasteiger partial charge is 0.0617 e. The number of aliphatic hydroxyl groups excluding tert-OH is 2. The lowest BCUT2D eigenvalue weighted by Crippen LogP contribution is -2.28. The SMILES string of the molecule is CC(C=CC1=C(C)CC(O)CC1(C)C)=CCO. The van der Waals surface area contributed by atoms with Crippen LogP contribution in [-0.4, -0.2) is 22.9 Å². The summed E-state index contributed by atoms with van der Waals surface area (Å²) >= 11 is 0. The van der Waals surface area contributed by atoms with Crippen molar-refractivity contribution in [1.29, 1.82) is 0 Å². The lowest BCUT2D eigenvalue weighted by Gasteiger charge is -2.35. The summed E-state index contributed by atoms with van der Waals surface area (Å²) in [5.74, 6) is 0. The van der Waals surface area contributed by atoms with E-state index in [4.69, 9.17) is 5.11 Å². The molecule has 0 aromatic heterocycles. The first-order valence-corrected chi connectivity index (χ1v) is 6.21. The molecule has 0 aromatic carbocycles. The van der Waals surface area contributed by atoms with E-state index in [1.54, 1.807) is 6.08 Å². The maximum absolute atomic E-state index is 9.79. The molecule has 1 aliphatic carbocycles. The zero-order valence-electron chi connectivity index (χ0n) is 11.3. The van der Waals surface area contributed by atoms with Crippen LogP contribution in [0.3, 0.4) is 0 Å². The van der Waals surface area contributed by atoms with Gasteiger partial charge in [0.05, 0.1) is 12.7 Å². The monoisotopic (exact) mass is 236 g/mol. The van der Waals surface area contributed by atoms with Crippen LogP contribution >= 0.6 is 0 Å². The Labute approximate surface area is 104 Å². The zero-order chi connectivity index (χ0) is 13.1. The predicted molar refractivity (Wildman–Crippen MR) is 71.7 cm³/mol. The lowest BCUT2D eigenvalue weighted by molar-refractivity contribution is 0.116. The Hall–Kier alpha value is -0.860. The number of aliphatic hydroxyl groups is 2. The van der Waals surface area contributed by atoms with Gasteiger partial charge in [-0.1, -0.05) is 43.2 Å². The van der Waals surface area contributed by atoms with E-state index < -0.39 is 0 Å². The average molecular weight is 236 g/mol. The van der Waals surface area contributed by atoms with Crippen molar-refractivity contribution in [2.75, 3.05) is 6.61 Å².